The predicted molar refractivity (Wildman–Crippen MR) is 96.3 cm³/mol. The van der Waals surface area contributed by atoms with Gasteiger partial charge in [-0.1, -0.05) is 32.0 Å². The van der Waals surface area contributed by atoms with Crippen LogP contribution in [0.2, 0.25) is 0 Å². The highest BCUT2D eigenvalue weighted by atomic mass is 16.6. The standard InChI is InChI=1S/C18H22N4O3/c1-13(2)18(14-8-6-7-11-19-14)20-17(23)12-21(3)15-9-4-5-10-16(15)22(24)25/h4-11,13,18H,12H2,1-3H3,(H,20,23). The van der Waals surface area contributed by atoms with E-state index in [-0.39, 0.29) is 30.1 Å². The molecule has 1 heterocycles. The van der Waals surface area contributed by atoms with Gasteiger partial charge in [0.1, 0.15) is 5.69 Å². The Hall–Kier alpha value is -2.96. The molecule has 0 saturated heterocycles. The van der Waals surface area contributed by atoms with Crippen LogP contribution in [0.25, 0.3) is 0 Å². The van der Waals surface area contributed by atoms with Crippen LogP contribution < -0.4 is 10.2 Å². The number of rotatable bonds is 7. The van der Waals surface area contributed by atoms with Gasteiger partial charge in [-0.05, 0) is 24.1 Å². The molecule has 2 aromatic rings. The number of anilines is 1. The molecule has 0 bridgehead atoms. The Kier molecular flexibility index (Phi) is 6.05. The van der Waals surface area contributed by atoms with Crippen molar-refractivity contribution in [2.24, 2.45) is 5.92 Å². The summed E-state index contributed by atoms with van der Waals surface area (Å²) in [6.45, 7) is 4.03. The first-order chi connectivity index (χ1) is 11.9. The smallest absolute Gasteiger partial charge is 0.292 e. The van der Waals surface area contributed by atoms with Crippen molar-refractivity contribution in [2.75, 3.05) is 18.5 Å². The van der Waals surface area contributed by atoms with Crippen LogP contribution in [-0.2, 0) is 4.79 Å². The van der Waals surface area contributed by atoms with Gasteiger partial charge < -0.3 is 10.2 Å². The van der Waals surface area contributed by atoms with E-state index in [1.165, 1.54) is 6.07 Å². The highest BCUT2D eigenvalue weighted by Gasteiger charge is 2.22. The van der Waals surface area contributed by atoms with Crippen LogP contribution in [0.3, 0.4) is 0 Å². The van der Waals surface area contributed by atoms with E-state index >= 15 is 0 Å². The number of benzene rings is 1. The first kappa shape index (κ1) is 18.4. The Morgan fingerprint density at radius 3 is 2.52 bits per heavy atom. The second-order valence-electron chi connectivity index (χ2n) is 6.15. The second-order valence-corrected chi connectivity index (χ2v) is 6.15. The Balaban J connectivity index is 2.10. The van der Waals surface area contributed by atoms with Crippen molar-refractivity contribution in [1.82, 2.24) is 10.3 Å². The molecule has 2 rings (SSSR count). The van der Waals surface area contributed by atoms with Gasteiger partial charge in [-0.2, -0.15) is 0 Å². The van der Waals surface area contributed by atoms with E-state index in [1.54, 1.807) is 36.3 Å². The number of nitrogens with zero attached hydrogens (tertiary/aromatic N) is 3. The molecule has 1 atom stereocenters. The number of hydrogen-bond acceptors (Lipinski definition) is 5. The molecule has 1 amide bonds. The van der Waals surface area contributed by atoms with Crippen molar-refractivity contribution in [1.29, 1.82) is 0 Å². The van der Waals surface area contributed by atoms with Crippen LogP contribution in [0, 0.1) is 16.0 Å². The topological polar surface area (TPSA) is 88.4 Å². The number of nitro groups is 1. The fourth-order valence-electron chi connectivity index (χ4n) is 2.60. The quantitative estimate of drug-likeness (QED) is 0.617. The van der Waals surface area contributed by atoms with Gasteiger partial charge in [0.05, 0.1) is 23.2 Å². The first-order valence-corrected chi connectivity index (χ1v) is 8.05. The number of hydrogen-bond donors (Lipinski definition) is 1. The molecule has 0 radical (unpaired) electrons. The lowest BCUT2D eigenvalue weighted by atomic mass is 10.0. The molecule has 0 spiro atoms. The van der Waals surface area contributed by atoms with Crippen molar-refractivity contribution in [3.8, 4) is 0 Å². The number of nitro benzene ring substituents is 1. The van der Waals surface area contributed by atoms with E-state index in [0.717, 1.165) is 5.69 Å². The van der Waals surface area contributed by atoms with E-state index in [0.29, 0.717) is 5.69 Å². The molecule has 0 fully saturated rings. The number of aromatic nitrogens is 1. The van der Waals surface area contributed by atoms with Crippen molar-refractivity contribution < 1.29 is 9.72 Å². The van der Waals surface area contributed by atoms with Crippen molar-refractivity contribution >= 4 is 17.3 Å². The average molecular weight is 342 g/mol. The molecular weight excluding hydrogens is 320 g/mol. The number of amides is 1. The maximum absolute atomic E-state index is 12.4. The second kappa shape index (κ2) is 8.23. The third-order valence-electron chi connectivity index (χ3n) is 3.86. The van der Waals surface area contributed by atoms with Gasteiger partial charge in [-0.3, -0.25) is 19.9 Å². The summed E-state index contributed by atoms with van der Waals surface area (Å²) in [4.78, 5) is 29.0. The van der Waals surface area contributed by atoms with Crippen LogP contribution in [0.1, 0.15) is 25.6 Å². The Labute approximate surface area is 146 Å². The van der Waals surface area contributed by atoms with Gasteiger partial charge >= 0.3 is 0 Å². The van der Waals surface area contributed by atoms with Crippen molar-refractivity contribution in [3.05, 3.63) is 64.5 Å². The SMILES string of the molecule is CC(C)C(NC(=O)CN(C)c1ccccc1[N+](=O)[O-])c1ccccn1. The van der Waals surface area contributed by atoms with E-state index in [1.807, 2.05) is 32.0 Å². The summed E-state index contributed by atoms with van der Waals surface area (Å²) < 4.78 is 0. The number of likely N-dealkylation sites (N-methyl/N-ethyl adjacent to an activating group) is 1. The van der Waals surface area contributed by atoms with Gasteiger partial charge in [0.25, 0.3) is 5.69 Å². The monoisotopic (exact) mass is 342 g/mol. The maximum Gasteiger partial charge on any atom is 0.292 e. The van der Waals surface area contributed by atoms with E-state index in [9.17, 15) is 14.9 Å². The highest BCUT2D eigenvalue weighted by Crippen LogP contribution is 2.26. The van der Waals surface area contributed by atoms with Crippen molar-refractivity contribution in [3.63, 3.8) is 0 Å². The zero-order valence-electron chi connectivity index (χ0n) is 14.5. The summed E-state index contributed by atoms with van der Waals surface area (Å²) in [7, 11) is 1.66. The fraction of sp³-hybridized carbons (Fsp3) is 0.333. The minimum absolute atomic E-state index is 0.0148. The van der Waals surface area contributed by atoms with Crippen LogP contribution >= 0.6 is 0 Å². The van der Waals surface area contributed by atoms with E-state index in [2.05, 4.69) is 10.3 Å². The summed E-state index contributed by atoms with van der Waals surface area (Å²) in [6, 6.07) is 11.7. The van der Waals surface area contributed by atoms with Crippen LogP contribution in [-0.4, -0.2) is 29.4 Å². The summed E-state index contributed by atoms with van der Waals surface area (Å²) in [5.74, 6) is -0.0554. The Bertz CT molecular complexity index is 734. The Morgan fingerprint density at radius 1 is 1.24 bits per heavy atom. The molecule has 0 aliphatic rings. The lowest BCUT2D eigenvalue weighted by Crippen LogP contribution is -2.39. The zero-order valence-corrected chi connectivity index (χ0v) is 14.5. The molecule has 1 aromatic carbocycles. The normalized spacial score (nSPS) is 11.8. The third-order valence-corrected chi connectivity index (χ3v) is 3.86. The number of nitrogens with one attached hydrogen (secondary N) is 1. The number of carbonyl (C=O) groups is 1. The first-order valence-electron chi connectivity index (χ1n) is 8.05. The summed E-state index contributed by atoms with van der Waals surface area (Å²) >= 11 is 0. The number of carbonyl (C=O) groups excluding carboxylic acids is 1. The van der Waals surface area contributed by atoms with Gasteiger partial charge in [0.15, 0.2) is 0 Å². The molecule has 1 N–H and O–H groups in total. The molecule has 0 aliphatic heterocycles. The molecule has 1 aromatic heterocycles. The van der Waals surface area contributed by atoms with Crippen LogP contribution in [0.15, 0.2) is 48.7 Å². The van der Waals surface area contributed by atoms with Gasteiger partial charge in [-0.25, -0.2) is 0 Å². The van der Waals surface area contributed by atoms with E-state index in [4.69, 9.17) is 0 Å². The molecular formula is C18H22N4O3. The average Bonchev–Trinajstić information content (AvgIpc) is 2.60. The summed E-state index contributed by atoms with van der Waals surface area (Å²) in [5, 5.41) is 14.1. The third kappa shape index (κ3) is 4.76. The summed E-state index contributed by atoms with van der Waals surface area (Å²) in [5.41, 5.74) is 1.17. The number of pyridine rings is 1. The zero-order chi connectivity index (χ0) is 18.4. The van der Waals surface area contributed by atoms with Crippen LogP contribution in [0.4, 0.5) is 11.4 Å². The minimum Gasteiger partial charge on any atom is -0.360 e. The summed E-state index contributed by atoms with van der Waals surface area (Å²) in [6.07, 6.45) is 1.69. The molecule has 132 valence electrons. The van der Waals surface area contributed by atoms with Gasteiger partial charge in [-0.15, -0.1) is 0 Å². The lowest BCUT2D eigenvalue weighted by molar-refractivity contribution is -0.384. The van der Waals surface area contributed by atoms with Gasteiger partial charge in [0, 0.05) is 19.3 Å². The molecule has 0 aliphatic carbocycles. The number of para-hydroxylation sites is 2. The highest BCUT2D eigenvalue weighted by molar-refractivity contribution is 5.82. The molecule has 0 saturated carbocycles. The van der Waals surface area contributed by atoms with Crippen molar-refractivity contribution in [2.45, 2.75) is 19.9 Å². The largest absolute Gasteiger partial charge is 0.360 e. The van der Waals surface area contributed by atoms with Gasteiger partial charge in [0.2, 0.25) is 5.91 Å². The maximum atomic E-state index is 12.4. The molecule has 7 nitrogen and oxygen atoms in total. The van der Waals surface area contributed by atoms with Crippen LogP contribution in [0.5, 0.6) is 0 Å². The van der Waals surface area contributed by atoms with E-state index < -0.39 is 4.92 Å². The molecule has 1 unspecified atom stereocenters. The fourth-order valence-corrected chi connectivity index (χ4v) is 2.60. The predicted octanol–water partition coefficient (Wildman–Crippen LogP) is 2.94. The lowest BCUT2D eigenvalue weighted by Gasteiger charge is -2.24. The minimum atomic E-state index is -0.450. The molecule has 25 heavy (non-hydrogen) atoms. The molecule has 7 heteroatoms. The Morgan fingerprint density at radius 2 is 1.92 bits per heavy atom.